The van der Waals surface area contributed by atoms with Crippen molar-refractivity contribution in [1.29, 1.82) is 0 Å². The average molecular weight is 492 g/mol. The Morgan fingerprint density at radius 3 is 2.75 bits per heavy atom. The van der Waals surface area contributed by atoms with Crippen molar-refractivity contribution >= 4 is 22.8 Å². The molecule has 0 aromatic carbocycles. The number of carbonyl (C=O) groups is 1. The molecule has 0 spiro atoms. The van der Waals surface area contributed by atoms with Crippen molar-refractivity contribution < 1.29 is 18.7 Å². The molecule has 0 radical (unpaired) electrons. The molecule has 1 amide bonds. The van der Waals surface area contributed by atoms with Gasteiger partial charge in [-0.3, -0.25) is 19.7 Å². The minimum Gasteiger partial charge on any atom is -0.480 e. The molecule has 0 unspecified atom stereocenters. The van der Waals surface area contributed by atoms with Crippen molar-refractivity contribution in [2.45, 2.75) is 63.1 Å². The highest BCUT2D eigenvalue weighted by atomic mass is 19.1. The molecule has 1 N–H and O–H groups in total. The molecule has 4 aliphatic rings. The molecule has 9 heteroatoms. The number of carbonyl (C=O) groups excluding carboxylic acids is 1. The van der Waals surface area contributed by atoms with Gasteiger partial charge in [0.2, 0.25) is 0 Å². The van der Waals surface area contributed by atoms with E-state index in [1.165, 1.54) is 6.20 Å². The lowest BCUT2D eigenvalue weighted by atomic mass is 9.69. The molecule has 36 heavy (non-hydrogen) atoms. The topological polar surface area (TPSA) is 89.5 Å². The number of likely N-dealkylation sites (N-methyl/N-ethyl adjacent to an activating group) is 1. The largest absolute Gasteiger partial charge is 0.480 e. The number of fused-ring (bicyclic) bond motifs is 5. The molecule has 2 saturated heterocycles. The summed E-state index contributed by atoms with van der Waals surface area (Å²) < 4.78 is 26.7. The van der Waals surface area contributed by atoms with Crippen molar-refractivity contribution in [2.24, 2.45) is 0 Å². The number of rotatable bonds is 6. The lowest BCUT2D eigenvalue weighted by Crippen LogP contribution is -2.61. The lowest BCUT2D eigenvalue weighted by molar-refractivity contribution is -0.165. The van der Waals surface area contributed by atoms with E-state index in [0.29, 0.717) is 42.2 Å². The van der Waals surface area contributed by atoms with Crippen LogP contribution in [0.2, 0.25) is 0 Å². The molecule has 3 aromatic heterocycles. The number of anilines is 1. The zero-order chi connectivity index (χ0) is 24.9. The molecule has 2 bridgehead atoms. The Morgan fingerprint density at radius 1 is 1.14 bits per heavy atom. The molecule has 3 fully saturated rings. The third-order valence-electron chi connectivity index (χ3n) is 8.09. The third-order valence-corrected chi connectivity index (χ3v) is 8.09. The minimum atomic E-state index is -0.296. The van der Waals surface area contributed by atoms with Crippen molar-refractivity contribution in [3.63, 3.8) is 0 Å². The van der Waals surface area contributed by atoms with Crippen molar-refractivity contribution in [3.8, 4) is 5.75 Å². The molecule has 3 aromatic rings. The van der Waals surface area contributed by atoms with Crippen LogP contribution in [-0.4, -0.2) is 52.3 Å². The molecular formula is C27H30FN5O3. The lowest BCUT2D eigenvalue weighted by Gasteiger charge is -2.53. The number of ether oxygens (including phenoxy) is 2. The van der Waals surface area contributed by atoms with Crippen LogP contribution in [0.3, 0.4) is 0 Å². The summed E-state index contributed by atoms with van der Waals surface area (Å²) in [6.07, 6.45) is 6.50. The van der Waals surface area contributed by atoms with Crippen molar-refractivity contribution in [1.82, 2.24) is 20.3 Å². The minimum absolute atomic E-state index is 0.0468. The van der Waals surface area contributed by atoms with Gasteiger partial charge in [-0.2, -0.15) is 0 Å². The highest BCUT2D eigenvalue weighted by Gasteiger charge is 2.49. The van der Waals surface area contributed by atoms with Crippen LogP contribution >= 0.6 is 0 Å². The predicted octanol–water partition coefficient (Wildman–Crippen LogP) is 3.63. The first-order chi connectivity index (χ1) is 17.4. The molecule has 188 valence electrons. The Hall–Kier alpha value is -3.17. The average Bonchev–Trinajstić information content (AvgIpc) is 2.90. The highest BCUT2D eigenvalue weighted by Crippen LogP contribution is 2.46. The molecule has 0 atom stereocenters. The van der Waals surface area contributed by atoms with E-state index >= 15 is 0 Å². The van der Waals surface area contributed by atoms with E-state index in [9.17, 15) is 9.18 Å². The van der Waals surface area contributed by atoms with E-state index in [-0.39, 0.29) is 29.5 Å². The number of aryl methyl sites for hydroxylation is 2. The van der Waals surface area contributed by atoms with Gasteiger partial charge in [0, 0.05) is 30.4 Å². The van der Waals surface area contributed by atoms with Crippen molar-refractivity contribution in [2.75, 3.05) is 25.2 Å². The van der Waals surface area contributed by atoms with Gasteiger partial charge in [0.1, 0.15) is 5.82 Å². The number of nitrogens with one attached hydrogen (secondary N) is 1. The molecule has 1 aliphatic carbocycles. The van der Waals surface area contributed by atoms with Crippen LogP contribution < -0.4 is 15.0 Å². The fourth-order valence-corrected chi connectivity index (χ4v) is 5.66. The van der Waals surface area contributed by atoms with Gasteiger partial charge < -0.3 is 14.8 Å². The van der Waals surface area contributed by atoms with Crippen LogP contribution in [0.25, 0.3) is 11.0 Å². The number of aromatic nitrogens is 3. The van der Waals surface area contributed by atoms with Crippen LogP contribution in [0.15, 0.2) is 30.5 Å². The Labute approximate surface area is 209 Å². The van der Waals surface area contributed by atoms with Crippen LogP contribution in [0.5, 0.6) is 5.75 Å². The number of amides is 1. The van der Waals surface area contributed by atoms with Crippen molar-refractivity contribution in [3.05, 3.63) is 53.2 Å². The normalized spacial score (nSPS) is 25.2. The Kier molecular flexibility index (Phi) is 5.64. The Bertz CT molecular complexity index is 1320. The number of hydrogen-bond donors (Lipinski definition) is 1. The monoisotopic (exact) mass is 491 g/mol. The molecule has 3 aliphatic heterocycles. The summed E-state index contributed by atoms with van der Waals surface area (Å²) in [6.45, 7) is 3.17. The standard InChI is InChI=1S/C27H30FN5O3/c1-17-3-5-21-24(31-17)19(20(28)14-29-21)7-8-27-11-9-26(10-12-27,16-36-27)30-13-18-4-6-22-25(32-18)33(2)23(34)15-35-22/h3-6,14,30H,7-13,15-16H2,1-2H3. The zero-order valence-corrected chi connectivity index (χ0v) is 20.6. The Balaban J connectivity index is 1.10. The van der Waals surface area contributed by atoms with Gasteiger partial charge in [-0.05, 0) is 69.7 Å². The Morgan fingerprint density at radius 2 is 1.97 bits per heavy atom. The molecule has 7 rings (SSSR count). The van der Waals surface area contributed by atoms with E-state index in [1.54, 1.807) is 11.9 Å². The van der Waals surface area contributed by atoms with Gasteiger partial charge in [0.05, 0.1) is 35.1 Å². The summed E-state index contributed by atoms with van der Waals surface area (Å²) in [5, 5.41) is 3.69. The quantitative estimate of drug-likeness (QED) is 0.563. The van der Waals surface area contributed by atoms with Crippen LogP contribution in [-0.2, 0) is 22.5 Å². The maximum Gasteiger partial charge on any atom is 0.265 e. The fraction of sp³-hybridized carbons (Fsp3) is 0.481. The second-order valence-electron chi connectivity index (χ2n) is 10.4. The zero-order valence-electron chi connectivity index (χ0n) is 20.6. The molecule has 6 heterocycles. The summed E-state index contributed by atoms with van der Waals surface area (Å²) in [7, 11) is 1.72. The first kappa shape index (κ1) is 23.2. The van der Waals surface area contributed by atoms with Gasteiger partial charge in [-0.25, -0.2) is 9.37 Å². The highest BCUT2D eigenvalue weighted by molar-refractivity contribution is 5.96. The van der Waals surface area contributed by atoms with Gasteiger partial charge in [0.15, 0.2) is 18.2 Å². The number of pyridine rings is 3. The SMILES string of the molecule is Cc1ccc2ncc(F)c(CCC34CCC(NCc5ccc6c(n5)N(C)C(=O)CO6)(CC3)CO4)c2n1. The van der Waals surface area contributed by atoms with Crippen LogP contribution in [0.4, 0.5) is 10.2 Å². The van der Waals surface area contributed by atoms with E-state index < -0.39 is 0 Å². The summed E-state index contributed by atoms with van der Waals surface area (Å²) >= 11 is 0. The van der Waals surface area contributed by atoms with Gasteiger partial charge in [0.25, 0.3) is 5.91 Å². The number of halogens is 1. The second-order valence-corrected chi connectivity index (χ2v) is 10.4. The fourth-order valence-electron chi connectivity index (χ4n) is 5.66. The van der Waals surface area contributed by atoms with Gasteiger partial charge >= 0.3 is 0 Å². The summed E-state index contributed by atoms with van der Waals surface area (Å²) in [5.74, 6) is 0.792. The first-order valence-corrected chi connectivity index (χ1v) is 12.5. The van der Waals surface area contributed by atoms with Gasteiger partial charge in [-0.1, -0.05) is 0 Å². The molecule has 1 saturated carbocycles. The molecule has 8 nitrogen and oxygen atoms in total. The van der Waals surface area contributed by atoms with E-state index in [4.69, 9.17) is 9.47 Å². The number of hydrogen-bond acceptors (Lipinski definition) is 7. The summed E-state index contributed by atoms with van der Waals surface area (Å²) in [6, 6.07) is 7.61. The van der Waals surface area contributed by atoms with Crippen LogP contribution in [0.1, 0.15) is 49.1 Å². The maximum absolute atomic E-state index is 14.7. The predicted molar refractivity (Wildman–Crippen MR) is 132 cm³/mol. The van der Waals surface area contributed by atoms with E-state index in [0.717, 1.165) is 49.0 Å². The van der Waals surface area contributed by atoms with Crippen LogP contribution in [0, 0.1) is 12.7 Å². The smallest absolute Gasteiger partial charge is 0.265 e. The number of nitrogens with zero attached hydrogens (tertiary/aromatic N) is 4. The second kappa shape index (κ2) is 8.74. The summed E-state index contributed by atoms with van der Waals surface area (Å²) in [5.41, 5.74) is 3.42. The first-order valence-electron chi connectivity index (χ1n) is 12.5. The maximum atomic E-state index is 14.7. The summed E-state index contributed by atoms with van der Waals surface area (Å²) in [4.78, 5) is 26.9. The molecular weight excluding hydrogens is 461 g/mol. The van der Waals surface area contributed by atoms with E-state index in [1.807, 2.05) is 31.2 Å². The van der Waals surface area contributed by atoms with E-state index in [2.05, 4.69) is 20.3 Å². The van der Waals surface area contributed by atoms with Gasteiger partial charge in [-0.15, -0.1) is 0 Å². The third kappa shape index (κ3) is 4.10.